The Kier molecular flexibility index (Phi) is 5.00. The molecule has 0 saturated carbocycles. The summed E-state index contributed by atoms with van der Waals surface area (Å²) in [5.74, 6) is 1.57. The highest BCUT2D eigenvalue weighted by atomic mass is 16.5. The Balaban J connectivity index is 1.62. The van der Waals surface area contributed by atoms with Crippen LogP contribution in [-0.2, 0) is 9.47 Å². The molecule has 0 radical (unpaired) electrons. The summed E-state index contributed by atoms with van der Waals surface area (Å²) < 4.78 is 11.4. The quantitative estimate of drug-likeness (QED) is 0.903. The maximum Gasteiger partial charge on any atom is 0.150 e. The van der Waals surface area contributed by atoms with Gasteiger partial charge in [0.1, 0.15) is 17.6 Å². The summed E-state index contributed by atoms with van der Waals surface area (Å²) >= 11 is 0. The predicted octanol–water partition coefficient (Wildman–Crippen LogP) is 1.32. The zero-order chi connectivity index (χ0) is 14.5. The maximum absolute atomic E-state index is 5.92. The topological polar surface area (TPSA) is 59.5 Å². The lowest BCUT2D eigenvalue weighted by Gasteiger charge is -2.36. The molecule has 1 atom stereocenters. The largest absolute Gasteiger partial charge is 0.381 e. The lowest BCUT2D eigenvalue weighted by atomic mass is 9.99. The molecule has 0 bridgehead atoms. The molecule has 2 fully saturated rings. The van der Waals surface area contributed by atoms with Crippen LogP contribution in [0.15, 0.2) is 12.4 Å². The van der Waals surface area contributed by atoms with Crippen molar-refractivity contribution in [1.82, 2.24) is 14.9 Å². The van der Waals surface area contributed by atoms with Gasteiger partial charge in [-0.1, -0.05) is 0 Å². The summed E-state index contributed by atoms with van der Waals surface area (Å²) in [6.07, 6.45) is 5.80. The molecule has 0 spiro atoms. The molecule has 2 aliphatic heterocycles. The summed E-state index contributed by atoms with van der Waals surface area (Å²) in [6, 6.07) is 0. The van der Waals surface area contributed by atoms with Crippen LogP contribution in [0, 0.1) is 5.92 Å². The van der Waals surface area contributed by atoms with Gasteiger partial charge in [0.15, 0.2) is 0 Å². The molecule has 116 valence electrons. The minimum atomic E-state index is 0.00902. The van der Waals surface area contributed by atoms with Gasteiger partial charge in [0.05, 0.1) is 6.61 Å². The Morgan fingerprint density at radius 2 is 2.05 bits per heavy atom. The fraction of sp³-hybridized carbons (Fsp3) is 0.733. The number of rotatable bonds is 4. The first kappa shape index (κ1) is 14.7. The Morgan fingerprint density at radius 1 is 1.24 bits per heavy atom. The molecule has 3 rings (SSSR count). The molecule has 3 heterocycles. The van der Waals surface area contributed by atoms with Crippen LogP contribution in [0.3, 0.4) is 0 Å². The van der Waals surface area contributed by atoms with Crippen molar-refractivity contribution in [3.8, 4) is 0 Å². The van der Waals surface area contributed by atoms with E-state index in [1.165, 1.54) is 12.8 Å². The second-order valence-corrected chi connectivity index (χ2v) is 5.71. The first-order valence-electron chi connectivity index (χ1n) is 7.77. The number of morpholine rings is 1. The fourth-order valence-corrected chi connectivity index (χ4v) is 3.10. The van der Waals surface area contributed by atoms with E-state index in [4.69, 9.17) is 9.47 Å². The molecule has 0 aliphatic carbocycles. The van der Waals surface area contributed by atoms with Crippen LogP contribution < -0.4 is 5.32 Å². The molecule has 1 unspecified atom stereocenters. The molecule has 6 nitrogen and oxygen atoms in total. The van der Waals surface area contributed by atoms with E-state index in [1.54, 1.807) is 12.4 Å². The second kappa shape index (κ2) is 7.15. The van der Waals surface area contributed by atoms with Crippen LogP contribution in [0.1, 0.15) is 24.6 Å². The third-order valence-electron chi connectivity index (χ3n) is 4.28. The number of nitrogens with zero attached hydrogens (tertiary/aromatic N) is 3. The molecular weight excluding hydrogens is 268 g/mol. The van der Waals surface area contributed by atoms with E-state index in [1.807, 2.05) is 7.05 Å². The smallest absolute Gasteiger partial charge is 0.150 e. The van der Waals surface area contributed by atoms with Crippen molar-refractivity contribution >= 4 is 5.82 Å². The van der Waals surface area contributed by atoms with Crippen molar-refractivity contribution < 1.29 is 9.47 Å². The SMILES string of the molecule is CNc1nccnc1C1CN(CC2CCOCC2)CCO1. The first-order valence-corrected chi connectivity index (χ1v) is 7.77. The van der Waals surface area contributed by atoms with Gasteiger partial charge in [-0.3, -0.25) is 9.88 Å². The predicted molar refractivity (Wildman–Crippen MR) is 80.3 cm³/mol. The monoisotopic (exact) mass is 292 g/mol. The van der Waals surface area contributed by atoms with E-state index >= 15 is 0 Å². The van der Waals surface area contributed by atoms with E-state index in [-0.39, 0.29) is 6.10 Å². The van der Waals surface area contributed by atoms with Gasteiger partial charge in [-0.25, -0.2) is 4.98 Å². The zero-order valence-corrected chi connectivity index (χ0v) is 12.6. The normalized spacial score (nSPS) is 24.9. The minimum Gasteiger partial charge on any atom is -0.381 e. The van der Waals surface area contributed by atoms with Gasteiger partial charge in [0.25, 0.3) is 0 Å². The summed E-state index contributed by atoms with van der Waals surface area (Å²) in [7, 11) is 1.87. The Labute approximate surface area is 125 Å². The molecule has 1 aromatic rings. The third kappa shape index (κ3) is 3.70. The van der Waals surface area contributed by atoms with Gasteiger partial charge in [0, 0.05) is 52.3 Å². The average molecular weight is 292 g/mol. The van der Waals surface area contributed by atoms with E-state index in [2.05, 4.69) is 20.2 Å². The van der Waals surface area contributed by atoms with Gasteiger partial charge < -0.3 is 14.8 Å². The van der Waals surface area contributed by atoms with Gasteiger partial charge in [-0.2, -0.15) is 0 Å². The molecule has 1 aromatic heterocycles. The standard InChI is InChI=1S/C15H24N4O2/c1-16-15-14(17-4-5-18-15)13-11-19(6-9-21-13)10-12-2-7-20-8-3-12/h4-5,12-13H,2-3,6-11H2,1H3,(H,16,18). The molecule has 0 amide bonds. The molecule has 2 aliphatic rings. The van der Waals surface area contributed by atoms with Crippen molar-refractivity contribution in [3.05, 3.63) is 18.1 Å². The number of nitrogens with one attached hydrogen (secondary N) is 1. The highest BCUT2D eigenvalue weighted by Crippen LogP contribution is 2.26. The van der Waals surface area contributed by atoms with Crippen LogP contribution in [0.4, 0.5) is 5.82 Å². The van der Waals surface area contributed by atoms with E-state index in [9.17, 15) is 0 Å². The Bertz CT molecular complexity index is 451. The van der Waals surface area contributed by atoms with Crippen LogP contribution in [0.5, 0.6) is 0 Å². The number of hydrogen-bond donors (Lipinski definition) is 1. The van der Waals surface area contributed by atoms with E-state index < -0.39 is 0 Å². The van der Waals surface area contributed by atoms with Crippen molar-refractivity contribution in [3.63, 3.8) is 0 Å². The maximum atomic E-state index is 5.92. The first-order chi connectivity index (χ1) is 10.4. The zero-order valence-electron chi connectivity index (χ0n) is 12.6. The Morgan fingerprint density at radius 3 is 2.86 bits per heavy atom. The lowest BCUT2D eigenvalue weighted by Crippen LogP contribution is -2.42. The van der Waals surface area contributed by atoms with Gasteiger partial charge in [-0.15, -0.1) is 0 Å². The minimum absolute atomic E-state index is 0.00902. The van der Waals surface area contributed by atoms with E-state index in [0.717, 1.165) is 56.9 Å². The number of anilines is 1. The summed E-state index contributed by atoms with van der Waals surface area (Å²) in [4.78, 5) is 11.3. The third-order valence-corrected chi connectivity index (χ3v) is 4.28. The molecule has 21 heavy (non-hydrogen) atoms. The van der Waals surface area contributed by atoms with Crippen LogP contribution in [0.25, 0.3) is 0 Å². The van der Waals surface area contributed by atoms with Crippen molar-refractivity contribution in [2.45, 2.75) is 18.9 Å². The average Bonchev–Trinajstić information content (AvgIpc) is 2.56. The van der Waals surface area contributed by atoms with Crippen LogP contribution >= 0.6 is 0 Å². The summed E-state index contributed by atoms with van der Waals surface area (Å²) in [5.41, 5.74) is 0.914. The summed E-state index contributed by atoms with van der Waals surface area (Å²) in [5, 5.41) is 3.10. The number of aromatic nitrogens is 2. The molecule has 1 N–H and O–H groups in total. The molecule has 6 heteroatoms. The lowest BCUT2D eigenvalue weighted by molar-refractivity contribution is -0.0427. The van der Waals surface area contributed by atoms with Crippen LogP contribution in [0.2, 0.25) is 0 Å². The van der Waals surface area contributed by atoms with Gasteiger partial charge >= 0.3 is 0 Å². The summed E-state index contributed by atoms with van der Waals surface area (Å²) in [6.45, 7) is 5.61. The number of ether oxygens (including phenoxy) is 2. The van der Waals surface area contributed by atoms with Gasteiger partial charge in [-0.05, 0) is 18.8 Å². The highest BCUT2D eigenvalue weighted by molar-refractivity contribution is 5.40. The highest BCUT2D eigenvalue weighted by Gasteiger charge is 2.27. The van der Waals surface area contributed by atoms with E-state index in [0.29, 0.717) is 0 Å². The fourth-order valence-electron chi connectivity index (χ4n) is 3.10. The molecular formula is C15H24N4O2. The van der Waals surface area contributed by atoms with Gasteiger partial charge in [0.2, 0.25) is 0 Å². The van der Waals surface area contributed by atoms with Crippen molar-refractivity contribution in [1.29, 1.82) is 0 Å². The van der Waals surface area contributed by atoms with Crippen molar-refractivity contribution in [2.75, 3.05) is 51.8 Å². The molecule has 2 saturated heterocycles. The van der Waals surface area contributed by atoms with Crippen LogP contribution in [-0.4, -0.2) is 61.4 Å². The number of hydrogen-bond acceptors (Lipinski definition) is 6. The Hall–Kier alpha value is -1.24. The second-order valence-electron chi connectivity index (χ2n) is 5.71. The molecule has 0 aromatic carbocycles. The van der Waals surface area contributed by atoms with Crippen molar-refractivity contribution in [2.24, 2.45) is 5.92 Å².